The lowest BCUT2D eigenvalue weighted by Crippen LogP contribution is -2.23. The minimum atomic E-state index is 0.403. The minimum Gasteiger partial charge on any atom is -0.508 e. The Kier molecular flexibility index (Phi) is 4.30. The highest BCUT2D eigenvalue weighted by Gasteiger charge is 2.23. The molecule has 0 bridgehead atoms. The van der Waals surface area contributed by atoms with E-state index >= 15 is 0 Å². The summed E-state index contributed by atoms with van der Waals surface area (Å²) in [6, 6.07) is 6.35. The third-order valence-electron chi connectivity index (χ3n) is 5.28. The number of hydrogen-bond donors (Lipinski definition) is 2. The molecule has 2 heteroatoms. The zero-order valence-corrected chi connectivity index (χ0v) is 12.6. The molecule has 0 aliphatic heterocycles. The number of nitrogens with one attached hydrogen (secondary N) is 1. The van der Waals surface area contributed by atoms with Gasteiger partial charge in [0.1, 0.15) is 5.75 Å². The van der Waals surface area contributed by atoms with E-state index in [0.29, 0.717) is 11.8 Å². The van der Waals surface area contributed by atoms with Crippen molar-refractivity contribution in [3.63, 3.8) is 0 Å². The average molecular weight is 273 g/mol. The van der Waals surface area contributed by atoms with E-state index in [1.165, 1.54) is 49.7 Å². The highest BCUT2D eigenvalue weighted by molar-refractivity contribution is 5.39. The molecule has 2 nitrogen and oxygen atoms in total. The molecule has 0 radical (unpaired) electrons. The first-order chi connectivity index (χ1) is 9.72. The van der Waals surface area contributed by atoms with E-state index in [9.17, 15) is 5.11 Å². The molecule has 0 saturated heterocycles. The first-order valence-corrected chi connectivity index (χ1v) is 8.27. The van der Waals surface area contributed by atoms with Crippen molar-refractivity contribution in [1.29, 1.82) is 0 Å². The van der Waals surface area contributed by atoms with Gasteiger partial charge in [0.05, 0.1) is 0 Å². The molecule has 2 aliphatic rings. The van der Waals surface area contributed by atoms with Gasteiger partial charge in [-0.15, -0.1) is 0 Å². The van der Waals surface area contributed by atoms with Crippen molar-refractivity contribution in [2.24, 2.45) is 11.8 Å². The summed E-state index contributed by atoms with van der Waals surface area (Å²) in [5.74, 6) is 2.30. The summed E-state index contributed by atoms with van der Waals surface area (Å²) in [6.07, 6.45) is 9.32. The Labute approximate surface area is 122 Å². The molecule has 2 N–H and O–H groups in total. The fourth-order valence-corrected chi connectivity index (χ4v) is 3.90. The highest BCUT2D eigenvalue weighted by atomic mass is 16.3. The van der Waals surface area contributed by atoms with E-state index in [-0.39, 0.29) is 0 Å². The zero-order valence-electron chi connectivity index (χ0n) is 12.6. The third kappa shape index (κ3) is 3.17. The van der Waals surface area contributed by atoms with Gasteiger partial charge in [0.2, 0.25) is 0 Å². The summed E-state index contributed by atoms with van der Waals surface area (Å²) >= 11 is 0. The molecule has 0 amide bonds. The van der Waals surface area contributed by atoms with Gasteiger partial charge in [0, 0.05) is 6.04 Å². The molecule has 0 spiro atoms. The largest absolute Gasteiger partial charge is 0.508 e. The topological polar surface area (TPSA) is 32.3 Å². The van der Waals surface area contributed by atoms with Crippen LogP contribution in [0.25, 0.3) is 0 Å². The first kappa shape index (κ1) is 13.9. The Bertz CT molecular complexity index is 449. The van der Waals surface area contributed by atoms with E-state index in [0.717, 1.165) is 24.8 Å². The number of fused-ring (bicyclic) bond motifs is 1. The van der Waals surface area contributed by atoms with Gasteiger partial charge < -0.3 is 10.4 Å². The number of benzene rings is 1. The SMILES string of the molecule is CC1CCC(CCNC2CCc3cc(O)ccc32)CC1. The van der Waals surface area contributed by atoms with Crippen LogP contribution in [0, 0.1) is 11.8 Å². The standard InChI is InChI=1S/C18H27NO/c1-13-2-4-14(5-3-13)10-11-19-18-9-6-15-12-16(20)7-8-17(15)18/h7-8,12-14,18-20H,2-6,9-11H2,1H3. The van der Waals surface area contributed by atoms with Gasteiger partial charge in [-0.2, -0.15) is 0 Å². The predicted octanol–water partition coefficient (Wildman–Crippen LogP) is 4.19. The lowest BCUT2D eigenvalue weighted by molar-refractivity contribution is 0.272. The molecule has 0 heterocycles. The fourth-order valence-electron chi connectivity index (χ4n) is 3.90. The van der Waals surface area contributed by atoms with Crippen LogP contribution < -0.4 is 5.32 Å². The van der Waals surface area contributed by atoms with E-state index in [1.807, 2.05) is 12.1 Å². The van der Waals surface area contributed by atoms with Crippen molar-refractivity contribution in [3.05, 3.63) is 29.3 Å². The molecule has 3 rings (SSSR count). The number of phenolic OH excluding ortho intramolecular Hbond substituents is 1. The minimum absolute atomic E-state index is 0.403. The van der Waals surface area contributed by atoms with Crippen molar-refractivity contribution in [3.8, 4) is 5.75 Å². The monoisotopic (exact) mass is 273 g/mol. The van der Waals surface area contributed by atoms with Crippen molar-refractivity contribution in [2.75, 3.05) is 6.54 Å². The quantitative estimate of drug-likeness (QED) is 0.862. The smallest absolute Gasteiger partial charge is 0.115 e. The van der Waals surface area contributed by atoms with E-state index < -0.39 is 0 Å². The maximum atomic E-state index is 9.53. The van der Waals surface area contributed by atoms with E-state index in [2.05, 4.69) is 18.3 Å². The number of phenols is 1. The van der Waals surface area contributed by atoms with Crippen molar-refractivity contribution in [2.45, 2.75) is 57.9 Å². The maximum absolute atomic E-state index is 9.53. The lowest BCUT2D eigenvalue weighted by Gasteiger charge is -2.26. The van der Waals surface area contributed by atoms with Crippen molar-refractivity contribution >= 4 is 0 Å². The Morgan fingerprint density at radius 2 is 1.95 bits per heavy atom. The summed E-state index contributed by atoms with van der Waals surface area (Å²) in [7, 11) is 0. The zero-order chi connectivity index (χ0) is 13.9. The normalized spacial score (nSPS) is 29.4. The van der Waals surface area contributed by atoms with Crippen LogP contribution in [0.4, 0.5) is 0 Å². The second-order valence-corrected chi connectivity index (χ2v) is 6.84. The molecule has 110 valence electrons. The van der Waals surface area contributed by atoms with Crippen LogP contribution in [0.3, 0.4) is 0 Å². The second kappa shape index (κ2) is 6.17. The fraction of sp³-hybridized carbons (Fsp3) is 0.667. The van der Waals surface area contributed by atoms with Crippen LogP contribution >= 0.6 is 0 Å². The van der Waals surface area contributed by atoms with Crippen LogP contribution in [0.1, 0.15) is 62.6 Å². The van der Waals surface area contributed by atoms with Crippen molar-refractivity contribution < 1.29 is 5.11 Å². The average Bonchev–Trinajstić information content (AvgIpc) is 2.83. The van der Waals surface area contributed by atoms with Crippen LogP contribution in [-0.2, 0) is 6.42 Å². The number of rotatable bonds is 4. The number of aromatic hydroxyl groups is 1. The van der Waals surface area contributed by atoms with Gasteiger partial charge in [0.25, 0.3) is 0 Å². The highest BCUT2D eigenvalue weighted by Crippen LogP contribution is 2.34. The second-order valence-electron chi connectivity index (χ2n) is 6.84. The molecule has 1 aromatic rings. The Balaban J connectivity index is 1.46. The predicted molar refractivity (Wildman–Crippen MR) is 82.9 cm³/mol. The Hall–Kier alpha value is -1.02. The molecule has 2 aliphatic carbocycles. The van der Waals surface area contributed by atoms with Gasteiger partial charge in [-0.25, -0.2) is 0 Å². The molecule has 1 saturated carbocycles. The molecular weight excluding hydrogens is 246 g/mol. The molecule has 0 aromatic heterocycles. The summed E-state index contributed by atoms with van der Waals surface area (Å²) < 4.78 is 0. The molecule has 20 heavy (non-hydrogen) atoms. The summed E-state index contributed by atoms with van der Waals surface area (Å²) in [6.45, 7) is 3.53. The summed E-state index contributed by atoms with van der Waals surface area (Å²) in [5, 5.41) is 13.3. The maximum Gasteiger partial charge on any atom is 0.115 e. The summed E-state index contributed by atoms with van der Waals surface area (Å²) in [4.78, 5) is 0. The molecule has 1 aromatic carbocycles. The molecule has 1 atom stereocenters. The van der Waals surface area contributed by atoms with Gasteiger partial charge in [-0.3, -0.25) is 0 Å². The molecule has 1 fully saturated rings. The van der Waals surface area contributed by atoms with Crippen molar-refractivity contribution in [1.82, 2.24) is 5.32 Å². The van der Waals surface area contributed by atoms with Gasteiger partial charge in [0.15, 0.2) is 0 Å². The van der Waals surface area contributed by atoms with Gasteiger partial charge >= 0.3 is 0 Å². The third-order valence-corrected chi connectivity index (χ3v) is 5.28. The van der Waals surface area contributed by atoms with Crippen LogP contribution in [0.5, 0.6) is 5.75 Å². The van der Waals surface area contributed by atoms with E-state index in [1.54, 1.807) is 0 Å². The molecular formula is C18H27NO. The summed E-state index contributed by atoms with van der Waals surface area (Å²) in [5.41, 5.74) is 2.73. The Morgan fingerprint density at radius 3 is 2.75 bits per heavy atom. The first-order valence-electron chi connectivity index (χ1n) is 8.27. The molecule has 1 unspecified atom stereocenters. The lowest BCUT2D eigenvalue weighted by atomic mass is 9.81. The Morgan fingerprint density at radius 1 is 1.15 bits per heavy atom. The van der Waals surface area contributed by atoms with Gasteiger partial charge in [-0.1, -0.05) is 38.7 Å². The number of aryl methyl sites for hydroxylation is 1. The van der Waals surface area contributed by atoms with Crippen LogP contribution in [0.2, 0.25) is 0 Å². The number of hydrogen-bond acceptors (Lipinski definition) is 2. The van der Waals surface area contributed by atoms with Crippen LogP contribution in [-0.4, -0.2) is 11.7 Å². The van der Waals surface area contributed by atoms with Gasteiger partial charge in [-0.05, 0) is 60.9 Å². The van der Waals surface area contributed by atoms with Crippen LogP contribution in [0.15, 0.2) is 18.2 Å². The van der Waals surface area contributed by atoms with E-state index in [4.69, 9.17) is 0 Å².